The Morgan fingerprint density at radius 3 is 2.44 bits per heavy atom. The molecule has 98 valence electrons. The Bertz CT molecular complexity index is 433. The van der Waals surface area contributed by atoms with Crippen LogP contribution in [-0.2, 0) is 4.79 Å². The van der Waals surface area contributed by atoms with Gasteiger partial charge in [-0.1, -0.05) is 32.0 Å². The van der Waals surface area contributed by atoms with Crippen molar-refractivity contribution in [2.75, 3.05) is 11.9 Å². The van der Waals surface area contributed by atoms with Crippen LogP contribution in [0.25, 0.3) is 0 Å². The molecule has 0 fully saturated rings. The van der Waals surface area contributed by atoms with E-state index < -0.39 is 28.9 Å². The molecule has 2 N–H and O–H groups in total. The summed E-state index contributed by atoms with van der Waals surface area (Å²) in [6, 6.07) is 8.51. The van der Waals surface area contributed by atoms with Crippen molar-refractivity contribution in [1.29, 1.82) is 0 Å². The Morgan fingerprint density at radius 1 is 1.44 bits per heavy atom. The van der Waals surface area contributed by atoms with E-state index >= 15 is 0 Å². The number of aliphatic hydroxyl groups is 1. The molecule has 1 atom stereocenters. The molecule has 0 radical (unpaired) electrons. The number of anilines is 1. The van der Waals surface area contributed by atoms with Crippen LogP contribution in [0.3, 0.4) is 0 Å². The number of amides is 1. The first kappa shape index (κ1) is 14.1. The second kappa shape index (κ2) is 5.59. The molecule has 0 saturated carbocycles. The van der Waals surface area contributed by atoms with Crippen molar-refractivity contribution in [1.82, 2.24) is 0 Å². The fraction of sp³-hybridized carbons (Fsp3) is 0.417. The minimum atomic E-state index is -2.01. The normalized spacial score (nSPS) is 14.0. The van der Waals surface area contributed by atoms with Crippen LogP contribution in [0.1, 0.15) is 13.8 Å². The average Bonchev–Trinajstić information content (AvgIpc) is 2.29. The topological polar surface area (TPSA) is 92.5 Å². The van der Waals surface area contributed by atoms with Crippen LogP contribution in [0, 0.1) is 16.0 Å². The number of benzene rings is 1. The minimum absolute atomic E-state index is 0.491. The molecule has 0 unspecified atom stereocenters. The van der Waals surface area contributed by atoms with Gasteiger partial charge in [0.2, 0.25) is 12.1 Å². The quantitative estimate of drug-likeness (QED) is 0.610. The van der Waals surface area contributed by atoms with Crippen LogP contribution in [0.5, 0.6) is 0 Å². The van der Waals surface area contributed by atoms with Gasteiger partial charge >= 0.3 is 0 Å². The van der Waals surface area contributed by atoms with Crippen molar-refractivity contribution in [2.45, 2.75) is 19.4 Å². The molecular formula is C12H16N2O4. The third-order valence-corrected chi connectivity index (χ3v) is 2.75. The highest BCUT2D eigenvalue weighted by Crippen LogP contribution is 2.20. The number of para-hydroxylation sites is 1. The molecule has 0 saturated heterocycles. The Morgan fingerprint density at radius 2 is 2.00 bits per heavy atom. The Balaban J connectivity index is 2.87. The van der Waals surface area contributed by atoms with E-state index in [1.165, 1.54) is 0 Å². The summed E-state index contributed by atoms with van der Waals surface area (Å²) in [5.41, 5.74) is -1.52. The summed E-state index contributed by atoms with van der Waals surface area (Å²) >= 11 is 0. The van der Waals surface area contributed by atoms with Gasteiger partial charge in [-0.05, 0) is 18.1 Å². The molecule has 0 aliphatic rings. The molecule has 1 rings (SSSR count). The van der Waals surface area contributed by atoms with Crippen molar-refractivity contribution in [3.8, 4) is 0 Å². The first-order chi connectivity index (χ1) is 8.36. The van der Waals surface area contributed by atoms with Gasteiger partial charge < -0.3 is 10.4 Å². The zero-order valence-corrected chi connectivity index (χ0v) is 10.3. The molecule has 6 nitrogen and oxygen atoms in total. The zero-order chi connectivity index (χ0) is 13.8. The van der Waals surface area contributed by atoms with Crippen molar-refractivity contribution in [3.05, 3.63) is 40.4 Å². The van der Waals surface area contributed by atoms with Crippen molar-refractivity contribution in [3.63, 3.8) is 0 Å². The molecule has 0 aliphatic carbocycles. The van der Waals surface area contributed by atoms with Gasteiger partial charge in [0, 0.05) is 10.6 Å². The van der Waals surface area contributed by atoms with Gasteiger partial charge in [0.05, 0.1) is 0 Å². The van der Waals surface area contributed by atoms with E-state index in [0.29, 0.717) is 5.69 Å². The Kier molecular flexibility index (Phi) is 4.38. The van der Waals surface area contributed by atoms with Crippen LogP contribution in [0.15, 0.2) is 30.3 Å². The SMILES string of the molecule is CC(C)[C@](O)(C[N+](=O)[O-])C(=O)Nc1ccccc1. The van der Waals surface area contributed by atoms with E-state index in [-0.39, 0.29) is 0 Å². The third-order valence-electron chi connectivity index (χ3n) is 2.75. The minimum Gasteiger partial charge on any atom is -0.374 e. The number of rotatable bonds is 5. The smallest absolute Gasteiger partial charge is 0.263 e. The Hall–Kier alpha value is -1.95. The maximum atomic E-state index is 11.9. The summed E-state index contributed by atoms with van der Waals surface area (Å²) < 4.78 is 0. The van der Waals surface area contributed by atoms with Gasteiger partial charge in [0.1, 0.15) is 0 Å². The molecule has 0 aliphatic heterocycles. The van der Waals surface area contributed by atoms with Crippen LogP contribution in [0.4, 0.5) is 5.69 Å². The van der Waals surface area contributed by atoms with Crippen LogP contribution in [-0.4, -0.2) is 28.1 Å². The lowest BCUT2D eigenvalue weighted by molar-refractivity contribution is -0.498. The van der Waals surface area contributed by atoms with E-state index in [1.54, 1.807) is 44.2 Å². The van der Waals surface area contributed by atoms with Gasteiger partial charge in [-0.15, -0.1) is 0 Å². The zero-order valence-electron chi connectivity index (χ0n) is 10.3. The van der Waals surface area contributed by atoms with E-state index in [1.807, 2.05) is 0 Å². The average molecular weight is 252 g/mol. The van der Waals surface area contributed by atoms with Crippen molar-refractivity contribution >= 4 is 11.6 Å². The number of hydrogen-bond donors (Lipinski definition) is 2. The molecular weight excluding hydrogens is 236 g/mol. The van der Waals surface area contributed by atoms with Gasteiger partial charge in [-0.3, -0.25) is 14.9 Å². The highest BCUT2D eigenvalue weighted by molar-refractivity contribution is 5.97. The first-order valence-corrected chi connectivity index (χ1v) is 5.57. The van der Waals surface area contributed by atoms with Crippen molar-refractivity contribution in [2.24, 2.45) is 5.92 Å². The summed E-state index contributed by atoms with van der Waals surface area (Å²) in [5.74, 6) is -1.33. The molecule has 1 aromatic rings. The summed E-state index contributed by atoms with van der Waals surface area (Å²) in [5, 5.41) is 23.2. The molecule has 6 heteroatoms. The van der Waals surface area contributed by atoms with Crippen LogP contribution in [0.2, 0.25) is 0 Å². The summed E-state index contributed by atoms with van der Waals surface area (Å²) in [7, 11) is 0. The van der Waals surface area contributed by atoms with E-state index in [2.05, 4.69) is 5.32 Å². The number of hydrogen-bond acceptors (Lipinski definition) is 4. The maximum absolute atomic E-state index is 11.9. The second-order valence-corrected chi connectivity index (χ2v) is 4.39. The number of nitrogens with zero attached hydrogens (tertiary/aromatic N) is 1. The third kappa shape index (κ3) is 3.27. The van der Waals surface area contributed by atoms with Crippen LogP contribution >= 0.6 is 0 Å². The fourth-order valence-electron chi connectivity index (χ4n) is 1.47. The fourth-order valence-corrected chi connectivity index (χ4v) is 1.47. The lowest BCUT2D eigenvalue weighted by Crippen LogP contribution is -2.52. The lowest BCUT2D eigenvalue weighted by Gasteiger charge is -2.26. The molecule has 1 amide bonds. The van der Waals surface area contributed by atoms with Crippen molar-refractivity contribution < 1.29 is 14.8 Å². The van der Waals surface area contributed by atoms with Crippen LogP contribution < -0.4 is 5.32 Å². The van der Waals surface area contributed by atoms with E-state index in [9.17, 15) is 20.0 Å². The van der Waals surface area contributed by atoms with Gasteiger partial charge in [-0.2, -0.15) is 0 Å². The predicted octanol–water partition coefficient (Wildman–Crippen LogP) is 1.29. The molecule has 0 spiro atoms. The van der Waals surface area contributed by atoms with E-state index in [4.69, 9.17) is 0 Å². The lowest BCUT2D eigenvalue weighted by atomic mass is 9.89. The van der Waals surface area contributed by atoms with E-state index in [0.717, 1.165) is 0 Å². The van der Waals surface area contributed by atoms with Gasteiger partial charge in [-0.25, -0.2) is 0 Å². The van der Waals surface area contributed by atoms with Gasteiger partial charge in [0.15, 0.2) is 0 Å². The number of carbonyl (C=O) groups excluding carboxylic acids is 1. The molecule has 1 aromatic carbocycles. The highest BCUT2D eigenvalue weighted by atomic mass is 16.6. The van der Waals surface area contributed by atoms with Gasteiger partial charge in [0.25, 0.3) is 5.91 Å². The number of nitrogens with one attached hydrogen (secondary N) is 1. The number of nitro groups is 1. The highest BCUT2D eigenvalue weighted by Gasteiger charge is 2.44. The summed E-state index contributed by atoms with van der Waals surface area (Å²) in [6.07, 6.45) is 0. The standard InChI is InChI=1S/C12H16N2O4/c1-9(2)12(16,8-14(17)18)11(15)13-10-6-4-3-5-7-10/h3-7,9,16H,8H2,1-2H3,(H,13,15)/t12-/m1/s1. The Labute approximate surface area is 105 Å². The predicted molar refractivity (Wildman–Crippen MR) is 66.7 cm³/mol. The summed E-state index contributed by atoms with van der Waals surface area (Å²) in [4.78, 5) is 21.8. The molecule has 18 heavy (non-hydrogen) atoms. The monoisotopic (exact) mass is 252 g/mol. The number of carbonyl (C=O) groups is 1. The largest absolute Gasteiger partial charge is 0.374 e. The first-order valence-electron chi connectivity index (χ1n) is 5.57. The molecule has 0 aromatic heterocycles. The molecule has 0 heterocycles. The maximum Gasteiger partial charge on any atom is 0.263 e. The molecule has 0 bridgehead atoms. The second-order valence-electron chi connectivity index (χ2n) is 4.39. The summed E-state index contributed by atoms with van der Waals surface area (Å²) in [6.45, 7) is 2.31.